The molecule has 9 heteroatoms. The average molecular weight is 612 g/mol. The van der Waals surface area contributed by atoms with E-state index in [4.69, 9.17) is 9.47 Å². The van der Waals surface area contributed by atoms with Crippen molar-refractivity contribution in [1.82, 2.24) is 4.90 Å². The van der Waals surface area contributed by atoms with Gasteiger partial charge in [-0.25, -0.2) is 0 Å². The van der Waals surface area contributed by atoms with Crippen molar-refractivity contribution < 1.29 is 29.0 Å². The van der Waals surface area contributed by atoms with Crippen LogP contribution in [0.2, 0.25) is 0 Å². The molecule has 2 aromatic carbocycles. The van der Waals surface area contributed by atoms with Crippen molar-refractivity contribution in [3.63, 3.8) is 0 Å². The second-order valence-electron chi connectivity index (χ2n) is 10.7. The van der Waals surface area contributed by atoms with E-state index in [1.807, 2.05) is 62.4 Å². The molecule has 3 aliphatic heterocycles. The predicted octanol–water partition coefficient (Wildman–Crippen LogP) is 3.87. The van der Waals surface area contributed by atoms with E-state index >= 15 is 0 Å². The third kappa shape index (κ3) is 4.30. The topological polar surface area (TPSA) is 96.4 Å². The van der Waals surface area contributed by atoms with Crippen LogP contribution in [0.4, 0.5) is 5.69 Å². The van der Waals surface area contributed by atoms with E-state index in [-0.39, 0.29) is 29.8 Å². The summed E-state index contributed by atoms with van der Waals surface area (Å²) >= 11 is 3.68. The first-order chi connectivity index (χ1) is 19.2. The zero-order valence-corrected chi connectivity index (χ0v) is 24.5. The summed E-state index contributed by atoms with van der Waals surface area (Å²) in [5.74, 6) is -3.02. The van der Waals surface area contributed by atoms with Crippen LogP contribution in [0.3, 0.4) is 0 Å². The maximum absolute atomic E-state index is 14.9. The first-order valence-corrected chi connectivity index (χ1v) is 14.6. The number of halogens is 1. The lowest BCUT2D eigenvalue weighted by Crippen LogP contribution is -2.57. The van der Waals surface area contributed by atoms with Crippen LogP contribution in [0.25, 0.3) is 0 Å². The van der Waals surface area contributed by atoms with Crippen LogP contribution in [0.5, 0.6) is 0 Å². The van der Waals surface area contributed by atoms with Gasteiger partial charge in [0.25, 0.3) is 5.91 Å². The highest BCUT2D eigenvalue weighted by atomic mass is 79.9. The van der Waals surface area contributed by atoms with Crippen LogP contribution in [0, 0.1) is 25.7 Å². The summed E-state index contributed by atoms with van der Waals surface area (Å²) in [6.07, 6.45) is 1.41. The lowest BCUT2D eigenvalue weighted by atomic mass is 9.70. The average Bonchev–Trinajstić information content (AvgIpc) is 3.52. The largest absolute Gasteiger partial charge is 0.466 e. The van der Waals surface area contributed by atoms with Gasteiger partial charge in [-0.1, -0.05) is 70.5 Å². The van der Waals surface area contributed by atoms with Gasteiger partial charge in [0.05, 0.1) is 37.2 Å². The predicted molar refractivity (Wildman–Crippen MR) is 154 cm³/mol. The Hall–Kier alpha value is -3.01. The zero-order valence-electron chi connectivity index (χ0n) is 23.0. The molecular weight excluding hydrogens is 576 g/mol. The number of nitrogens with zero attached hydrogens (tertiary/aromatic N) is 2. The number of ether oxygens (including phenoxy) is 2. The minimum atomic E-state index is -1.28. The number of carbonyl (C=O) groups is 3. The number of para-hydroxylation sites is 1. The normalized spacial score (nSPS) is 29.3. The summed E-state index contributed by atoms with van der Waals surface area (Å²) < 4.78 is 12.0. The molecule has 8 nitrogen and oxygen atoms in total. The third-order valence-electron chi connectivity index (χ3n) is 8.50. The Kier molecular flexibility index (Phi) is 7.92. The molecule has 2 bridgehead atoms. The number of anilines is 1. The van der Waals surface area contributed by atoms with Gasteiger partial charge in [-0.2, -0.15) is 0 Å². The smallest absolute Gasteiger partial charge is 0.312 e. The number of rotatable bonds is 9. The van der Waals surface area contributed by atoms with Crippen LogP contribution in [-0.2, 0) is 23.9 Å². The van der Waals surface area contributed by atoms with E-state index in [2.05, 4.69) is 22.5 Å². The summed E-state index contributed by atoms with van der Waals surface area (Å²) in [5, 5.41) is 10.7. The van der Waals surface area contributed by atoms with Gasteiger partial charge in [0.15, 0.2) is 0 Å². The molecule has 0 aromatic heterocycles. The second kappa shape index (κ2) is 11.1. The first kappa shape index (κ1) is 28.5. The van der Waals surface area contributed by atoms with E-state index in [1.165, 1.54) is 4.90 Å². The molecule has 3 aliphatic rings. The number of aliphatic hydroxyl groups excluding tert-OH is 1. The van der Waals surface area contributed by atoms with Crippen LogP contribution in [0.15, 0.2) is 61.2 Å². The van der Waals surface area contributed by atoms with E-state index in [1.54, 1.807) is 17.9 Å². The molecular formula is C31H35BrN2O6. The minimum absolute atomic E-state index is 0.165. The molecule has 3 saturated heterocycles. The Morgan fingerprint density at radius 2 is 1.90 bits per heavy atom. The second-order valence-corrected chi connectivity index (χ2v) is 11.9. The lowest BCUT2D eigenvalue weighted by Gasteiger charge is -2.40. The number of fused-ring (bicyclic) bond motifs is 1. The van der Waals surface area contributed by atoms with Gasteiger partial charge in [0, 0.05) is 17.1 Å². The first-order valence-electron chi connectivity index (χ1n) is 13.7. The minimum Gasteiger partial charge on any atom is -0.466 e. The summed E-state index contributed by atoms with van der Waals surface area (Å²) in [7, 11) is 0. The lowest BCUT2D eigenvalue weighted by molar-refractivity contribution is -0.155. The van der Waals surface area contributed by atoms with Crippen LogP contribution in [-0.4, -0.2) is 70.1 Å². The molecule has 2 amide bonds. The number of hydrogen-bond acceptors (Lipinski definition) is 6. The molecule has 5 rings (SSSR count). The standard InChI is InChI=1S/C31H35BrN2O6/c1-5-15-33(25-18(3)11-10-12-19(25)4)29(37)27-31-16-21(32)26(40-31)23(30(38)39-6-2)24(31)28(36)34(27)22(17-35)20-13-8-7-9-14-20/h5,7-14,21-24,26-27,35H,1,6,15-17H2,2-4H3/t21?,22-,23-,24+,26-,27-,31+/m1/s1. The number of likely N-dealkylation sites (tertiary alicyclic amines) is 1. The highest BCUT2D eigenvalue weighted by molar-refractivity contribution is 9.09. The number of esters is 1. The fourth-order valence-corrected chi connectivity index (χ4v) is 7.96. The quantitative estimate of drug-likeness (QED) is 0.263. The molecule has 0 radical (unpaired) electrons. The number of amides is 2. The third-order valence-corrected chi connectivity index (χ3v) is 9.34. The van der Waals surface area contributed by atoms with Crippen LogP contribution < -0.4 is 4.90 Å². The fraction of sp³-hybridized carbons (Fsp3) is 0.452. The molecule has 2 aromatic rings. The Labute approximate surface area is 243 Å². The molecule has 1 N–H and O–H groups in total. The Bertz CT molecular complexity index is 1300. The molecule has 1 spiro atoms. The van der Waals surface area contributed by atoms with E-state index in [0.717, 1.165) is 16.8 Å². The number of hydrogen-bond donors (Lipinski definition) is 1. The monoisotopic (exact) mass is 610 g/mol. The van der Waals surface area contributed by atoms with Gasteiger partial charge in [-0.15, -0.1) is 6.58 Å². The fourth-order valence-electron chi connectivity index (χ4n) is 7.02. The molecule has 7 atom stereocenters. The number of benzene rings is 2. The van der Waals surface area contributed by atoms with Crippen LogP contribution >= 0.6 is 15.9 Å². The van der Waals surface area contributed by atoms with Crippen molar-refractivity contribution in [3.05, 3.63) is 77.9 Å². The number of aryl methyl sites for hydroxylation is 2. The van der Waals surface area contributed by atoms with E-state index < -0.39 is 48.2 Å². The zero-order chi connectivity index (χ0) is 28.8. The van der Waals surface area contributed by atoms with Crippen molar-refractivity contribution in [2.75, 3.05) is 24.7 Å². The summed E-state index contributed by atoms with van der Waals surface area (Å²) in [6.45, 7) is 9.46. The SMILES string of the molecule is C=CCN(C(=O)[C@H]1N([C@H](CO)c2ccccc2)C(=O)[C@@H]2[C@@H](C(=O)OCC)[C@@H]3O[C@@]21CC3Br)c1c(C)cccc1C. The van der Waals surface area contributed by atoms with Crippen LogP contribution in [0.1, 0.15) is 36.1 Å². The van der Waals surface area contributed by atoms with Crippen molar-refractivity contribution in [1.29, 1.82) is 0 Å². The van der Waals surface area contributed by atoms with E-state index in [9.17, 15) is 19.5 Å². The Morgan fingerprint density at radius 1 is 1.23 bits per heavy atom. The van der Waals surface area contributed by atoms with Crippen molar-refractivity contribution in [2.45, 2.75) is 55.8 Å². The van der Waals surface area contributed by atoms with Gasteiger partial charge in [-0.3, -0.25) is 14.4 Å². The maximum atomic E-state index is 14.9. The summed E-state index contributed by atoms with van der Waals surface area (Å²) in [4.78, 5) is 45.5. The van der Waals surface area contributed by atoms with Crippen molar-refractivity contribution >= 4 is 39.4 Å². The number of alkyl halides is 1. The molecule has 0 saturated carbocycles. The number of carbonyl (C=O) groups excluding carboxylic acids is 3. The van der Waals surface area contributed by atoms with Gasteiger partial charge < -0.3 is 24.4 Å². The summed E-state index contributed by atoms with van der Waals surface area (Å²) in [5.41, 5.74) is 1.96. The number of aliphatic hydroxyl groups is 1. The molecule has 3 heterocycles. The van der Waals surface area contributed by atoms with Crippen molar-refractivity contribution in [3.8, 4) is 0 Å². The maximum Gasteiger partial charge on any atom is 0.312 e. The van der Waals surface area contributed by atoms with Crippen molar-refractivity contribution in [2.24, 2.45) is 11.8 Å². The molecule has 40 heavy (non-hydrogen) atoms. The van der Waals surface area contributed by atoms with Gasteiger partial charge in [0.2, 0.25) is 5.91 Å². The molecule has 212 valence electrons. The van der Waals surface area contributed by atoms with E-state index in [0.29, 0.717) is 12.0 Å². The van der Waals surface area contributed by atoms with Gasteiger partial charge in [-0.05, 0) is 43.9 Å². The Morgan fingerprint density at radius 3 is 2.50 bits per heavy atom. The van der Waals surface area contributed by atoms with Gasteiger partial charge in [0.1, 0.15) is 11.6 Å². The Balaban J connectivity index is 1.69. The highest BCUT2D eigenvalue weighted by Crippen LogP contribution is 2.61. The molecule has 1 unspecified atom stereocenters. The highest BCUT2D eigenvalue weighted by Gasteiger charge is 2.77. The molecule has 0 aliphatic carbocycles. The molecule has 3 fully saturated rings. The van der Waals surface area contributed by atoms with Gasteiger partial charge >= 0.3 is 5.97 Å². The summed E-state index contributed by atoms with van der Waals surface area (Å²) in [6, 6.07) is 13.1.